The molecule has 0 saturated heterocycles. The van der Waals surface area contributed by atoms with Crippen molar-refractivity contribution in [2.24, 2.45) is 5.73 Å². The Kier molecular flexibility index (Phi) is 4.21. The second kappa shape index (κ2) is 5.21. The van der Waals surface area contributed by atoms with Crippen molar-refractivity contribution in [3.8, 4) is 0 Å². The maximum absolute atomic E-state index is 10.4. The summed E-state index contributed by atoms with van der Waals surface area (Å²) in [4.78, 5) is 11.5. The van der Waals surface area contributed by atoms with E-state index in [0.717, 1.165) is 15.8 Å². The summed E-state index contributed by atoms with van der Waals surface area (Å²) in [6.45, 7) is 1.36. The minimum absolute atomic E-state index is 0.281. The van der Waals surface area contributed by atoms with Crippen molar-refractivity contribution in [2.75, 3.05) is 6.54 Å². The van der Waals surface area contributed by atoms with Crippen molar-refractivity contribution in [3.63, 3.8) is 0 Å². The summed E-state index contributed by atoms with van der Waals surface area (Å²) in [5.74, 6) is -0.281. The first-order valence-corrected chi connectivity index (χ1v) is 5.11. The summed E-state index contributed by atoms with van der Waals surface area (Å²) in [5, 5.41) is 3.10. The molecule has 0 aliphatic carbocycles. The van der Waals surface area contributed by atoms with Gasteiger partial charge in [0.05, 0.1) is 4.34 Å². The number of thiophene rings is 1. The van der Waals surface area contributed by atoms with E-state index in [1.807, 2.05) is 12.1 Å². The van der Waals surface area contributed by atoms with Gasteiger partial charge in [-0.05, 0) is 12.1 Å². The lowest BCUT2D eigenvalue weighted by Gasteiger charge is -1.99. The molecule has 1 rings (SSSR count). The average Bonchev–Trinajstić information content (AvgIpc) is 2.45. The van der Waals surface area contributed by atoms with Gasteiger partial charge in [0.1, 0.15) is 0 Å². The van der Waals surface area contributed by atoms with Crippen LogP contribution in [0.25, 0.3) is 0 Å². The first kappa shape index (κ1) is 10.5. The number of primary amides is 1. The minimum Gasteiger partial charge on any atom is -0.370 e. The summed E-state index contributed by atoms with van der Waals surface area (Å²) >= 11 is 7.27. The molecule has 3 N–H and O–H groups in total. The molecule has 0 spiro atoms. The zero-order valence-corrected chi connectivity index (χ0v) is 8.62. The van der Waals surface area contributed by atoms with Gasteiger partial charge in [-0.3, -0.25) is 4.79 Å². The standard InChI is InChI=1S/C8H11ClN2OS/c9-7-2-1-6(13-7)5-11-4-3-8(10)12/h1-2,11H,3-5H2,(H2,10,12). The summed E-state index contributed by atoms with van der Waals surface area (Å²) in [6.07, 6.45) is 0.374. The maximum atomic E-state index is 10.4. The molecular formula is C8H11ClN2OS. The van der Waals surface area contributed by atoms with Crippen LogP contribution < -0.4 is 11.1 Å². The lowest BCUT2D eigenvalue weighted by atomic mass is 10.4. The Hall–Kier alpha value is -0.580. The quantitative estimate of drug-likeness (QED) is 0.734. The van der Waals surface area contributed by atoms with Gasteiger partial charge in [0, 0.05) is 24.4 Å². The maximum Gasteiger partial charge on any atom is 0.218 e. The highest BCUT2D eigenvalue weighted by Gasteiger charge is 1.97. The number of nitrogens with two attached hydrogens (primary N) is 1. The van der Waals surface area contributed by atoms with Gasteiger partial charge in [-0.25, -0.2) is 0 Å². The average molecular weight is 219 g/mol. The summed E-state index contributed by atoms with van der Waals surface area (Å²) in [6, 6.07) is 3.82. The fourth-order valence-electron chi connectivity index (χ4n) is 0.870. The van der Waals surface area contributed by atoms with Crippen molar-refractivity contribution < 1.29 is 4.79 Å². The number of carbonyl (C=O) groups is 1. The first-order valence-electron chi connectivity index (χ1n) is 3.91. The molecular weight excluding hydrogens is 208 g/mol. The monoisotopic (exact) mass is 218 g/mol. The molecule has 72 valence electrons. The Labute approximate surface area is 85.9 Å². The summed E-state index contributed by atoms with van der Waals surface area (Å²) in [5.41, 5.74) is 4.98. The lowest BCUT2D eigenvalue weighted by molar-refractivity contribution is -0.117. The van der Waals surface area contributed by atoms with Crippen LogP contribution in [0.3, 0.4) is 0 Å². The minimum atomic E-state index is -0.281. The van der Waals surface area contributed by atoms with Gasteiger partial charge in [-0.1, -0.05) is 11.6 Å². The zero-order valence-electron chi connectivity index (χ0n) is 7.05. The second-order valence-corrected chi connectivity index (χ2v) is 4.40. The fraction of sp³-hybridized carbons (Fsp3) is 0.375. The SMILES string of the molecule is NC(=O)CCNCc1ccc(Cl)s1. The van der Waals surface area contributed by atoms with Crippen LogP contribution in [0.15, 0.2) is 12.1 Å². The molecule has 0 unspecified atom stereocenters. The van der Waals surface area contributed by atoms with Crippen LogP contribution in [-0.2, 0) is 11.3 Å². The van der Waals surface area contributed by atoms with Gasteiger partial charge in [0.2, 0.25) is 5.91 Å². The van der Waals surface area contributed by atoms with E-state index >= 15 is 0 Å². The summed E-state index contributed by atoms with van der Waals surface area (Å²) in [7, 11) is 0. The molecule has 0 saturated carbocycles. The Morgan fingerprint density at radius 1 is 1.62 bits per heavy atom. The van der Waals surface area contributed by atoms with Gasteiger partial charge in [0.25, 0.3) is 0 Å². The Morgan fingerprint density at radius 2 is 2.38 bits per heavy atom. The van der Waals surface area contributed by atoms with E-state index in [9.17, 15) is 4.79 Å². The highest BCUT2D eigenvalue weighted by molar-refractivity contribution is 7.16. The highest BCUT2D eigenvalue weighted by Crippen LogP contribution is 2.20. The number of rotatable bonds is 5. The normalized spacial score (nSPS) is 10.2. The molecule has 0 aliphatic rings. The molecule has 1 amide bonds. The van der Waals surface area contributed by atoms with Gasteiger partial charge in [-0.2, -0.15) is 0 Å². The van der Waals surface area contributed by atoms with Gasteiger partial charge < -0.3 is 11.1 Å². The van der Waals surface area contributed by atoms with Crippen molar-refractivity contribution in [1.29, 1.82) is 0 Å². The Balaban J connectivity index is 2.16. The van der Waals surface area contributed by atoms with E-state index in [2.05, 4.69) is 5.32 Å². The largest absolute Gasteiger partial charge is 0.370 e. The molecule has 0 aliphatic heterocycles. The van der Waals surface area contributed by atoms with Gasteiger partial charge >= 0.3 is 0 Å². The van der Waals surface area contributed by atoms with E-state index in [0.29, 0.717) is 13.0 Å². The van der Waals surface area contributed by atoms with E-state index < -0.39 is 0 Å². The molecule has 13 heavy (non-hydrogen) atoms. The number of amides is 1. The van der Waals surface area contributed by atoms with Crippen LogP contribution in [-0.4, -0.2) is 12.5 Å². The molecule has 1 aromatic rings. The molecule has 3 nitrogen and oxygen atoms in total. The van der Waals surface area contributed by atoms with Crippen molar-refractivity contribution in [1.82, 2.24) is 5.32 Å². The van der Waals surface area contributed by atoms with E-state index in [4.69, 9.17) is 17.3 Å². The summed E-state index contributed by atoms with van der Waals surface area (Å²) < 4.78 is 0.784. The Morgan fingerprint density at radius 3 is 2.92 bits per heavy atom. The highest BCUT2D eigenvalue weighted by atomic mass is 35.5. The number of hydrogen-bond donors (Lipinski definition) is 2. The molecule has 0 fully saturated rings. The Bertz CT molecular complexity index is 287. The van der Waals surface area contributed by atoms with Crippen LogP contribution in [0.1, 0.15) is 11.3 Å². The zero-order chi connectivity index (χ0) is 9.68. The second-order valence-electron chi connectivity index (χ2n) is 2.60. The van der Waals surface area contributed by atoms with Crippen LogP contribution in [0.4, 0.5) is 0 Å². The van der Waals surface area contributed by atoms with Crippen molar-refractivity contribution in [3.05, 3.63) is 21.3 Å². The van der Waals surface area contributed by atoms with Crippen molar-refractivity contribution >= 4 is 28.8 Å². The third-order valence-electron chi connectivity index (χ3n) is 1.48. The predicted molar refractivity (Wildman–Crippen MR) is 54.8 cm³/mol. The van der Waals surface area contributed by atoms with Crippen LogP contribution in [0, 0.1) is 0 Å². The third kappa shape index (κ3) is 4.26. The van der Waals surface area contributed by atoms with Crippen LogP contribution >= 0.6 is 22.9 Å². The van der Waals surface area contributed by atoms with E-state index in [1.165, 1.54) is 11.3 Å². The first-order chi connectivity index (χ1) is 6.18. The van der Waals surface area contributed by atoms with E-state index in [-0.39, 0.29) is 5.91 Å². The fourth-order valence-corrected chi connectivity index (χ4v) is 1.93. The number of hydrogen-bond acceptors (Lipinski definition) is 3. The number of halogens is 1. The molecule has 0 bridgehead atoms. The molecule has 1 heterocycles. The van der Waals surface area contributed by atoms with Crippen LogP contribution in [0.5, 0.6) is 0 Å². The number of nitrogens with one attached hydrogen (secondary N) is 1. The predicted octanol–water partition coefficient (Wildman–Crippen LogP) is 1.37. The number of carbonyl (C=O) groups excluding carboxylic acids is 1. The van der Waals surface area contributed by atoms with E-state index in [1.54, 1.807) is 0 Å². The van der Waals surface area contributed by atoms with Gasteiger partial charge in [0.15, 0.2) is 0 Å². The topological polar surface area (TPSA) is 55.1 Å². The molecule has 0 radical (unpaired) electrons. The van der Waals surface area contributed by atoms with Crippen molar-refractivity contribution in [2.45, 2.75) is 13.0 Å². The smallest absolute Gasteiger partial charge is 0.218 e. The van der Waals surface area contributed by atoms with Gasteiger partial charge in [-0.15, -0.1) is 11.3 Å². The third-order valence-corrected chi connectivity index (χ3v) is 2.71. The molecule has 1 aromatic heterocycles. The van der Waals surface area contributed by atoms with Crippen LogP contribution in [0.2, 0.25) is 4.34 Å². The lowest BCUT2D eigenvalue weighted by Crippen LogP contribution is -2.21. The molecule has 0 aromatic carbocycles. The molecule has 0 atom stereocenters. The molecule has 5 heteroatoms.